The Morgan fingerprint density at radius 3 is 2.55 bits per heavy atom. The van der Waals surface area contributed by atoms with Gasteiger partial charge in [-0.2, -0.15) is 5.10 Å². The van der Waals surface area contributed by atoms with Crippen molar-refractivity contribution in [2.75, 3.05) is 5.43 Å². The minimum Gasteiger partial charge on any atom is -0.456 e. The van der Waals surface area contributed by atoms with Crippen LogP contribution in [0.1, 0.15) is 5.56 Å². The zero-order chi connectivity index (χ0) is 19.6. The van der Waals surface area contributed by atoms with Gasteiger partial charge in [0.05, 0.1) is 10.9 Å². The normalized spacial score (nSPS) is 11.8. The molecule has 0 bridgehead atoms. The standard InChI is InChI=1S/C25H19N3O/c1-17-11-13-23-20(15-17)22(16-24(29-23)19-8-3-2-4-9-19)27-28-25-14-12-18-7-5-6-10-21(18)26-25/h2-16H,1H3,(H,26,28). The fourth-order valence-corrected chi connectivity index (χ4v) is 3.37. The van der Waals surface area contributed by atoms with Crippen LogP contribution in [0.15, 0.2) is 101 Å². The molecular weight excluding hydrogens is 358 g/mol. The van der Waals surface area contributed by atoms with Crippen molar-refractivity contribution < 1.29 is 4.42 Å². The number of hydrogen-bond acceptors (Lipinski definition) is 4. The summed E-state index contributed by atoms with van der Waals surface area (Å²) in [6.45, 7) is 2.06. The summed E-state index contributed by atoms with van der Waals surface area (Å²) in [6, 6.07) is 30.1. The summed E-state index contributed by atoms with van der Waals surface area (Å²) in [5.41, 5.74) is 7.01. The summed E-state index contributed by atoms with van der Waals surface area (Å²) in [6.07, 6.45) is 0. The van der Waals surface area contributed by atoms with E-state index in [1.54, 1.807) is 0 Å². The van der Waals surface area contributed by atoms with Gasteiger partial charge < -0.3 is 4.42 Å². The van der Waals surface area contributed by atoms with E-state index in [-0.39, 0.29) is 0 Å². The van der Waals surface area contributed by atoms with Crippen LogP contribution in [0, 0.1) is 6.92 Å². The van der Waals surface area contributed by atoms with Crippen LogP contribution in [0.4, 0.5) is 5.82 Å². The van der Waals surface area contributed by atoms with E-state index < -0.39 is 0 Å². The first-order valence-corrected chi connectivity index (χ1v) is 9.52. The molecule has 0 aliphatic heterocycles. The van der Waals surface area contributed by atoms with Gasteiger partial charge in [-0.25, -0.2) is 4.98 Å². The summed E-state index contributed by atoms with van der Waals surface area (Å²) < 4.78 is 6.15. The van der Waals surface area contributed by atoms with Crippen LogP contribution in [-0.2, 0) is 0 Å². The maximum absolute atomic E-state index is 6.15. The van der Waals surface area contributed by atoms with Crippen molar-refractivity contribution in [3.63, 3.8) is 0 Å². The van der Waals surface area contributed by atoms with E-state index in [0.29, 0.717) is 5.82 Å². The van der Waals surface area contributed by atoms with Crippen LogP contribution in [-0.4, -0.2) is 4.98 Å². The van der Waals surface area contributed by atoms with Gasteiger partial charge in [-0.1, -0.05) is 60.2 Å². The van der Waals surface area contributed by atoms with E-state index in [2.05, 4.69) is 28.5 Å². The van der Waals surface area contributed by atoms with Crippen LogP contribution in [0.2, 0.25) is 0 Å². The van der Waals surface area contributed by atoms with Gasteiger partial charge in [0.15, 0.2) is 0 Å². The lowest BCUT2D eigenvalue weighted by Crippen LogP contribution is -2.08. The number of para-hydroxylation sites is 1. The monoisotopic (exact) mass is 377 g/mol. The molecule has 3 aromatic carbocycles. The molecule has 0 unspecified atom stereocenters. The number of benzene rings is 3. The predicted molar refractivity (Wildman–Crippen MR) is 117 cm³/mol. The van der Waals surface area contributed by atoms with Gasteiger partial charge in [-0.15, -0.1) is 0 Å². The maximum Gasteiger partial charge on any atom is 0.146 e. The number of nitrogens with one attached hydrogen (secondary N) is 1. The van der Waals surface area contributed by atoms with Crippen molar-refractivity contribution in [1.82, 2.24) is 4.98 Å². The zero-order valence-electron chi connectivity index (χ0n) is 16.0. The zero-order valence-corrected chi connectivity index (χ0v) is 16.0. The summed E-state index contributed by atoms with van der Waals surface area (Å²) in [5, 5.41) is 7.53. The molecule has 2 aromatic heterocycles. The molecule has 5 rings (SSSR count). The highest BCUT2D eigenvalue weighted by Gasteiger charge is 2.06. The molecule has 0 saturated heterocycles. The van der Waals surface area contributed by atoms with Crippen LogP contribution in [0.5, 0.6) is 0 Å². The van der Waals surface area contributed by atoms with Crippen molar-refractivity contribution >= 4 is 27.7 Å². The molecule has 29 heavy (non-hydrogen) atoms. The quantitative estimate of drug-likeness (QED) is 0.399. The first-order valence-electron chi connectivity index (χ1n) is 9.52. The lowest BCUT2D eigenvalue weighted by molar-refractivity contribution is 0.618. The third-order valence-electron chi connectivity index (χ3n) is 4.85. The number of anilines is 1. The lowest BCUT2D eigenvalue weighted by Gasteiger charge is -2.06. The molecule has 0 aliphatic carbocycles. The molecular formula is C25H19N3O. The Morgan fingerprint density at radius 1 is 0.828 bits per heavy atom. The van der Waals surface area contributed by atoms with E-state index in [1.165, 1.54) is 0 Å². The van der Waals surface area contributed by atoms with Gasteiger partial charge in [0.25, 0.3) is 0 Å². The smallest absolute Gasteiger partial charge is 0.146 e. The van der Waals surface area contributed by atoms with Gasteiger partial charge >= 0.3 is 0 Å². The molecule has 0 atom stereocenters. The Morgan fingerprint density at radius 2 is 1.66 bits per heavy atom. The van der Waals surface area contributed by atoms with Crippen LogP contribution in [0.25, 0.3) is 33.2 Å². The van der Waals surface area contributed by atoms with E-state index in [0.717, 1.165) is 44.1 Å². The van der Waals surface area contributed by atoms with E-state index in [9.17, 15) is 0 Å². The SMILES string of the molecule is Cc1ccc2oc(-c3ccccc3)cc(=NNc3ccc4ccccc4n3)c2c1. The minimum absolute atomic E-state index is 0.701. The molecule has 5 aromatic rings. The number of aryl methyl sites for hydroxylation is 1. The number of hydrogen-bond donors (Lipinski definition) is 1. The van der Waals surface area contributed by atoms with Crippen molar-refractivity contribution in [3.8, 4) is 11.3 Å². The van der Waals surface area contributed by atoms with Gasteiger partial charge in [-0.05, 0) is 37.3 Å². The molecule has 4 nitrogen and oxygen atoms in total. The van der Waals surface area contributed by atoms with Gasteiger partial charge in [0, 0.05) is 22.4 Å². The minimum atomic E-state index is 0.701. The topological polar surface area (TPSA) is 50.4 Å². The molecule has 4 heteroatoms. The Kier molecular flexibility index (Phi) is 4.30. The van der Waals surface area contributed by atoms with Crippen molar-refractivity contribution in [2.24, 2.45) is 5.10 Å². The van der Waals surface area contributed by atoms with Crippen molar-refractivity contribution in [2.45, 2.75) is 6.92 Å². The summed E-state index contributed by atoms with van der Waals surface area (Å²) in [5.74, 6) is 1.47. The highest BCUT2D eigenvalue weighted by atomic mass is 16.3. The summed E-state index contributed by atoms with van der Waals surface area (Å²) in [7, 11) is 0. The van der Waals surface area contributed by atoms with Crippen LogP contribution >= 0.6 is 0 Å². The molecule has 2 heterocycles. The van der Waals surface area contributed by atoms with Crippen LogP contribution < -0.4 is 10.8 Å². The fourth-order valence-electron chi connectivity index (χ4n) is 3.37. The highest BCUT2D eigenvalue weighted by molar-refractivity contribution is 5.80. The van der Waals surface area contributed by atoms with Gasteiger partial charge in [-0.3, -0.25) is 5.43 Å². The molecule has 0 fully saturated rings. The number of aromatic nitrogens is 1. The number of nitrogens with zero attached hydrogens (tertiary/aromatic N) is 2. The Labute approximate surface area is 168 Å². The first kappa shape index (κ1) is 17.2. The molecule has 0 saturated carbocycles. The van der Waals surface area contributed by atoms with Crippen LogP contribution in [0.3, 0.4) is 0 Å². The Balaban J connectivity index is 1.64. The second-order valence-corrected chi connectivity index (χ2v) is 6.97. The second-order valence-electron chi connectivity index (χ2n) is 6.97. The molecule has 0 aliphatic rings. The average Bonchev–Trinajstić information content (AvgIpc) is 2.78. The maximum atomic E-state index is 6.15. The summed E-state index contributed by atoms with van der Waals surface area (Å²) in [4.78, 5) is 4.64. The first-order chi connectivity index (χ1) is 14.3. The lowest BCUT2D eigenvalue weighted by atomic mass is 10.1. The molecule has 0 radical (unpaired) electrons. The number of fused-ring (bicyclic) bond motifs is 2. The molecule has 140 valence electrons. The van der Waals surface area contributed by atoms with Gasteiger partial charge in [0.1, 0.15) is 17.2 Å². The average molecular weight is 377 g/mol. The van der Waals surface area contributed by atoms with Crippen molar-refractivity contribution in [1.29, 1.82) is 0 Å². The Bertz CT molecular complexity index is 1390. The van der Waals surface area contributed by atoms with Gasteiger partial charge in [0.2, 0.25) is 0 Å². The predicted octanol–water partition coefficient (Wildman–Crippen LogP) is 5.88. The van der Waals surface area contributed by atoms with E-state index in [4.69, 9.17) is 4.42 Å². The molecule has 0 amide bonds. The van der Waals surface area contributed by atoms with E-state index in [1.807, 2.05) is 84.9 Å². The fraction of sp³-hybridized carbons (Fsp3) is 0.0400. The van der Waals surface area contributed by atoms with Crippen molar-refractivity contribution in [3.05, 3.63) is 102 Å². The highest BCUT2D eigenvalue weighted by Crippen LogP contribution is 2.22. The number of pyridine rings is 1. The Hall–Kier alpha value is -3.92. The third-order valence-corrected chi connectivity index (χ3v) is 4.85. The largest absolute Gasteiger partial charge is 0.456 e. The second kappa shape index (κ2) is 7.24. The third kappa shape index (κ3) is 3.48. The van der Waals surface area contributed by atoms with E-state index >= 15 is 0 Å². The molecule has 1 N–H and O–H groups in total. The summed E-state index contributed by atoms with van der Waals surface area (Å²) >= 11 is 0. The molecule has 0 spiro atoms. The number of rotatable bonds is 3.